The highest BCUT2D eigenvalue weighted by Gasteiger charge is 2.28. The Bertz CT molecular complexity index is 1080. The smallest absolute Gasteiger partial charge is 0.325 e. The van der Waals surface area contributed by atoms with E-state index in [4.69, 9.17) is 4.74 Å². The number of nitrogens with zero attached hydrogens (tertiary/aromatic N) is 2. The molecule has 0 saturated carbocycles. The van der Waals surface area contributed by atoms with Crippen LogP contribution in [0.25, 0.3) is 5.00 Å². The first kappa shape index (κ1) is 20.3. The standard InChI is InChI=1S/C25H29N3O2S/c1-3-30-23(29)16-27(2)18-12-10-17(11-13-18)24-21-8-6-14-28(21)25-20(15-26-24)19-7-4-5-9-22(19)31-25/h6,8,10-14,24,26H,3-5,7,9,15-16H2,1-2H3. The van der Waals surface area contributed by atoms with Crippen LogP contribution in [-0.4, -0.2) is 30.7 Å². The Morgan fingerprint density at radius 2 is 2.00 bits per heavy atom. The van der Waals surface area contributed by atoms with Gasteiger partial charge in [-0.15, -0.1) is 11.3 Å². The Labute approximate surface area is 187 Å². The first-order chi connectivity index (χ1) is 15.2. The highest BCUT2D eigenvalue weighted by molar-refractivity contribution is 7.15. The van der Waals surface area contributed by atoms with Crippen LogP contribution in [0.1, 0.15) is 53.1 Å². The number of benzene rings is 1. The second-order valence-electron chi connectivity index (χ2n) is 8.36. The third kappa shape index (κ3) is 3.79. The molecule has 0 saturated heterocycles. The maximum Gasteiger partial charge on any atom is 0.325 e. The maximum atomic E-state index is 11.8. The number of hydrogen-bond acceptors (Lipinski definition) is 5. The van der Waals surface area contributed by atoms with Crippen LogP contribution in [0.5, 0.6) is 0 Å². The molecule has 1 aromatic carbocycles. The molecule has 3 heterocycles. The number of nitrogens with one attached hydrogen (secondary N) is 1. The monoisotopic (exact) mass is 435 g/mol. The van der Waals surface area contributed by atoms with Crippen LogP contribution >= 0.6 is 11.3 Å². The normalized spacial score (nSPS) is 17.3. The van der Waals surface area contributed by atoms with E-state index in [0.717, 1.165) is 12.2 Å². The van der Waals surface area contributed by atoms with Crippen LogP contribution in [0.15, 0.2) is 42.6 Å². The molecule has 0 fully saturated rings. The highest BCUT2D eigenvalue weighted by Crippen LogP contribution is 2.41. The van der Waals surface area contributed by atoms with Crippen molar-refractivity contribution in [2.24, 2.45) is 0 Å². The lowest BCUT2D eigenvalue weighted by Crippen LogP contribution is -2.27. The Hall–Kier alpha value is -2.57. The van der Waals surface area contributed by atoms with E-state index in [0.29, 0.717) is 6.61 Å². The van der Waals surface area contributed by atoms with Crippen molar-refractivity contribution in [3.8, 4) is 5.00 Å². The van der Waals surface area contributed by atoms with E-state index in [-0.39, 0.29) is 18.6 Å². The van der Waals surface area contributed by atoms with Crippen molar-refractivity contribution in [1.82, 2.24) is 9.88 Å². The third-order valence-electron chi connectivity index (χ3n) is 6.38. The van der Waals surface area contributed by atoms with Crippen molar-refractivity contribution in [3.63, 3.8) is 0 Å². The number of fused-ring (bicyclic) bond motifs is 5. The Balaban J connectivity index is 1.41. The van der Waals surface area contributed by atoms with Crippen LogP contribution in [0.3, 0.4) is 0 Å². The summed E-state index contributed by atoms with van der Waals surface area (Å²) in [6, 6.07) is 13.0. The van der Waals surface area contributed by atoms with Crippen molar-refractivity contribution in [2.75, 3.05) is 25.1 Å². The van der Waals surface area contributed by atoms with Gasteiger partial charge in [-0.3, -0.25) is 4.79 Å². The zero-order valence-electron chi connectivity index (χ0n) is 18.2. The summed E-state index contributed by atoms with van der Waals surface area (Å²) >= 11 is 1.98. The largest absolute Gasteiger partial charge is 0.465 e. The molecule has 2 aromatic heterocycles. The molecular weight excluding hydrogens is 406 g/mol. The molecule has 1 aliphatic carbocycles. The number of aromatic nitrogens is 1. The lowest BCUT2D eigenvalue weighted by Gasteiger charge is -2.21. The molecule has 1 N–H and O–H groups in total. The number of anilines is 1. The Morgan fingerprint density at radius 1 is 1.19 bits per heavy atom. The number of rotatable bonds is 5. The topological polar surface area (TPSA) is 46.5 Å². The van der Waals surface area contributed by atoms with Gasteiger partial charge in [0.05, 0.1) is 12.6 Å². The molecule has 2 aliphatic rings. The second kappa shape index (κ2) is 8.52. The minimum atomic E-state index is -0.202. The first-order valence-electron chi connectivity index (χ1n) is 11.2. The van der Waals surface area contributed by atoms with E-state index in [1.165, 1.54) is 47.5 Å². The van der Waals surface area contributed by atoms with Crippen molar-refractivity contribution in [3.05, 3.63) is 69.9 Å². The van der Waals surface area contributed by atoms with Gasteiger partial charge >= 0.3 is 5.97 Å². The van der Waals surface area contributed by atoms with Crippen LogP contribution in [0, 0.1) is 0 Å². The minimum absolute atomic E-state index is 0.137. The molecule has 1 atom stereocenters. The summed E-state index contributed by atoms with van der Waals surface area (Å²) in [5, 5.41) is 5.22. The lowest BCUT2D eigenvalue weighted by molar-refractivity contribution is -0.141. The third-order valence-corrected chi connectivity index (χ3v) is 7.71. The Morgan fingerprint density at radius 3 is 2.81 bits per heavy atom. The summed E-state index contributed by atoms with van der Waals surface area (Å²) in [7, 11) is 1.92. The van der Waals surface area contributed by atoms with Gasteiger partial charge in [-0.05, 0) is 68.0 Å². The maximum absolute atomic E-state index is 11.8. The molecule has 5 nitrogen and oxygen atoms in total. The van der Waals surface area contributed by atoms with Crippen LogP contribution in [0.4, 0.5) is 5.69 Å². The van der Waals surface area contributed by atoms with Gasteiger partial charge in [0.2, 0.25) is 0 Å². The minimum Gasteiger partial charge on any atom is -0.465 e. The predicted molar refractivity (Wildman–Crippen MR) is 125 cm³/mol. The number of thiophene rings is 1. The number of esters is 1. The molecular formula is C25H29N3O2S. The van der Waals surface area contributed by atoms with Gasteiger partial charge in [-0.1, -0.05) is 12.1 Å². The van der Waals surface area contributed by atoms with Crippen molar-refractivity contribution in [2.45, 2.75) is 45.2 Å². The zero-order chi connectivity index (χ0) is 21.4. The van der Waals surface area contributed by atoms with E-state index >= 15 is 0 Å². The number of carbonyl (C=O) groups excluding carboxylic acids is 1. The molecule has 0 bridgehead atoms. The van der Waals surface area contributed by atoms with Gasteiger partial charge in [0, 0.05) is 41.6 Å². The number of aryl methyl sites for hydroxylation is 1. The summed E-state index contributed by atoms with van der Waals surface area (Å²) in [6.45, 7) is 3.39. The average molecular weight is 436 g/mol. The summed E-state index contributed by atoms with van der Waals surface area (Å²) in [5.74, 6) is -0.202. The fraction of sp³-hybridized carbons (Fsp3) is 0.400. The number of ether oxygens (including phenoxy) is 1. The molecule has 3 aromatic rings. The van der Waals surface area contributed by atoms with Gasteiger partial charge in [0.15, 0.2) is 0 Å². The molecule has 1 aliphatic heterocycles. The van der Waals surface area contributed by atoms with Crippen molar-refractivity contribution < 1.29 is 9.53 Å². The number of likely N-dealkylation sites (N-methyl/N-ethyl adjacent to an activating group) is 1. The molecule has 1 unspecified atom stereocenters. The summed E-state index contributed by atoms with van der Waals surface area (Å²) in [5.41, 5.74) is 6.61. The summed E-state index contributed by atoms with van der Waals surface area (Å²) in [6.07, 6.45) is 7.27. The number of carbonyl (C=O) groups is 1. The molecule has 0 spiro atoms. The summed E-state index contributed by atoms with van der Waals surface area (Å²) in [4.78, 5) is 15.3. The summed E-state index contributed by atoms with van der Waals surface area (Å²) < 4.78 is 7.46. The van der Waals surface area contributed by atoms with Crippen LogP contribution < -0.4 is 10.2 Å². The predicted octanol–water partition coefficient (Wildman–Crippen LogP) is 4.61. The van der Waals surface area contributed by atoms with Gasteiger partial charge in [-0.25, -0.2) is 0 Å². The van der Waals surface area contributed by atoms with Gasteiger partial charge in [0.1, 0.15) is 11.5 Å². The Kier molecular flexibility index (Phi) is 5.59. The van der Waals surface area contributed by atoms with Crippen molar-refractivity contribution >= 4 is 23.0 Å². The van der Waals surface area contributed by atoms with E-state index in [2.05, 4.69) is 52.5 Å². The molecule has 162 valence electrons. The fourth-order valence-corrected chi connectivity index (χ4v) is 6.23. The van der Waals surface area contributed by atoms with Crippen LogP contribution in [-0.2, 0) is 28.9 Å². The van der Waals surface area contributed by atoms with E-state index in [9.17, 15) is 4.79 Å². The quantitative estimate of drug-likeness (QED) is 0.595. The number of hydrogen-bond donors (Lipinski definition) is 1. The lowest BCUT2D eigenvalue weighted by atomic mass is 9.95. The average Bonchev–Trinajstić information content (AvgIpc) is 3.36. The van der Waals surface area contributed by atoms with E-state index in [1.54, 1.807) is 10.4 Å². The molecule has 6 heteroatoms. The van der Waals surface area contributed by atoms with Crippen LogP contribution in [0.2, 0.25) is 0 Å². The highest BCUT2D eigenvalue weighted by atomic mass is 32.1. The van der Waals surface area contributed by atoms with E-state index < -0.39 is 0 Å². The molecule has 31 heavy (non-hydrogen) atoms. The van der Waals surface area contributed by atoms with Gasteiger partial charge in [-0.2, -0.15) is 0 Å². The van der Waals surface area contributed by atoms with E-state index in [1.807, 2.05) is 30.2 Å². The first-order valence-corrected chi connectivity index (χ1v) is 12.0. The second-order valence-corrected chi connectivity index (χ2v) is 9.45. The van der Waals surface area contributed by atoms with Gasteiger partial charge in [0.25, 0.3) is 0 Å². The molecule has 5 rings (SSSR count). The van der Waals surface area contributed by atoms with Gasteiger partial charge < -0.3 is 19.5 Å². The van der Waals surface area contributed by atoms with Crippen molar-refractivity contribution in [1.29, 1.82) is 0 Å². The SMILES string of the molecule is CCOC(=O)CN(C)c1ccc(C2NCc3c(sc4c3CCCC4)-n3cccc32)cc1. The fourth-order valence-electron chi connectivity index (χ4n) is 4.82. The zero-order valence-corrected chi connectivity index (χ0v) is 19.0. The molecule has 0 radical (unpaired) electrons. The molecule has 0 amide bonds.